The normalized spacial score (nSPS) is 15.0. The van der Waals surface area contributed by atoms with Crippen LogP contribution in [-0.2, 0) is 0 Å². The Balaban J connectivity index is 2.89. The molecule has 0 amide bonds. The molecule has 0 aromatic carbocycles. The topological polar surface area (TPSA) is 53.4 Å². The molecule has 1 heterocycles. The predicted octanol–water partition coefficient (Wildman–Crippen LogP) is 2.07. The van der Waals surface area contributed by atoms with Crippen molar-refractivity contribution in [3.05, 3.63) is 28.5 Å². The van der Waals surface area contributed by atoms with Crippen molar-refractivity contribution in [3.63, 3.8) is 0 Å². The Morgan fingerprint density at radius 2 is 2.13 bits per heavy atom. The van der Waals surface area contributed by atoms with E-state index in [-0.39, 0.29) is 11.0 Å². The van der Waals surface area contributed by atoms with Gasteiger partial charge in [-0.1, -0.05) is 11.6 Å². The van der Waals surface area contributed by atoms with Crippen LogP contribution >= 0.6 is 23.2 Å². The van der Waals surface area contributed by atoms with E-state index in [1.165, 1.54) is 0 Å². The number of pyridine rings is 1. The Labute approximate surface area is 98.7 Å². The lowest BCUT2D eigenvalue weighted by Gasteiger charge is -2.18. The molecule has 2 N–H and O–H groups in total. The Bertz CT molecular complexity index is 333. The smallest absolute Gasteiger partial charge is 0.134 e. The van der Waals surface area contributed by atoms with Crippen molar-refractivity contribution in [1.82, 2.24) is 4.98 Å². The first-order chi connectivity index (χ1) is 7.06. The van der Waals surface area contributed by atoms with E-state index in [0.29, 0.717) is 12.0 Å². The summed E-state index contributed by atoms with van der Waals surface area (Å²) in [6.07, 6.45) is -0.0355. The molecule has 2 unspecified atom stereocenters. The van der Waals surface area contributed by atoms with Crippen LogP contribution in [0.15, 0.2) is 12.3 Å². The summed E-state index contributed by atoms with van der Waals surface area (Å²) in [7, 11) is 0. The Hall–Kier alpha value is -0.350. The number of aromatic nitrogens is 1. The molecular formula is C10H13Cl2NO2. The van der Waals surface area contributed by atoms with Crippen molar-refractivity contribution in [2.24, 2.45) is 0 Å². The number of halogens is 2. The summed E-state index contributed by atoms with van der Waals surface area (Å²) in [6, 6.07) is 1.71. The molecule has 0 bridgehead atoms. The van der Waals surface area contributed by atoms with Crippen molar-refractivity contribution in [1.29, 1.82) is 0 Å². The van der Waals surface area contributed by atoms with Crippen LogP contribution in [0.1, 0.15) is 23.7 Å². The molecule has 0 radical (unpaired) electrons. The van der Waals surface area contributed by atoms with E-state index >= 15 is 0 Å². The van der Waals surface area contributed by atoms with Crippen LogP contribution in [0.2, 0.25) is 5.15 Å². The molecule has 1 aromatic heterocycles. The third-order valence-corrected chi connectivity index (χ3v) is 2.62. The number of aliphatic hydroxyl groups excluding tert-OH is 2. The Kier molecular flexibility index (Phi) is 4.80. The van der Waals surface area contributed by atoms with Gasteiger partial charge in [-0.25, -0.2) is 4.98 Å². The standard InChI is InChI=1S/C10H13Cl2NO2/c1-6-4-7(10(12)13-5-6)9(15)8(14)2-3-11/h4-5,8-9,14-15H,2-3H2,1H3. The summed E-state index contributed by atoms with van der Waals surface area (Å²) < 4.78 is 0. The quantitative estimate of drug-likeness (QED) is 0.635. The first-order valence-electron chi connectivity index (χ1n) is 4.60. The van der Waals surface area contributed by atoms with Crippen LogP contribution in [-0.4, -0.2) is 27.2 Å². The van der Waals surface area contributed by atoms with Gasteiger partial charge >= 0.3 is 0 Å². The van der Waals surface area contributed by atoms with Crippen molar-refractivity contribution >= 4 is 23.2 Å². The molecule has 5 heteroatoms. The molecule has 1 aromatic rings. The number of nitrogens with zero attached hydrogens (tertiary/aromatic N) is 1. The molecule has 0 aliphatic carbocycles. The van der Waals surface area contributed by atoms with E-state index in [4.69, 9.17) is 23.2 Å². The lowest BCUT2D eigenvalue weighted by atomic mass is 10.0. The molecule has 0 fully saturated rings. The van der Waals surface area contributed by atoms with Gasteiger partial charge < -0.3 is 10.2 Å². The molecule has 84 valence electrons. The molecule has 3 nitrogen and oxygen atoms in total. The second-order valence-corrected chi connectivity index (χ2v) is 4.12. The number of aliphatic hydroxyl groups is 2. The van der Waals surface area contributed by atoms with Crippen LogP contribution in [0.5, 0.6) is 0 Å². The summed E-state index contributed by atoms with van der Waals surface area (Å²) in [5.74, 6) is 0.287. The summed E-state index contributed by atoms with van der Waals surface area (Å²) in [5.41, 5.74) is 1.32. The third kappa shape index (κ3) is 3.31. The van der Waals surface area contributed by atoms with Gasteiger partial charge in [-0.15, -0.1) is 11.6 Å². The highest BCUT2D eigenvalue weighted by atomic mass is 35.5. The summed E-state index contributed by atoms with van der Waals surface area (Å²) in [6.45, 7) is 1.84. The number of hydrogen-bond donors (Lipinski definition) is 2. The minimum Gasteiger partial charge on any atom is -0.390 e. The Morgan fingerprint density at radius 3 is 2.73 bits per heavy atom. The molecule has 0 saturated heterocycles. The molecule has 0 aliphatic rings. The second-order valence-electron chi connectivity index (χ2n) is 3.38. The van der Waals surface area contributed by atoms with E-state index in [0.717, 1.165) is 5.56 Å². The minimum absolute atomic E-state index is 0.210. The molecule has 0 aliphatic heterocycles. The molecular weight excluding hydrogens is 237 g/mol. The molecule has 15 heavy (non-hydrogen) atoms. The first-order valence-corrected chi connectivity index (χ1v) is 5.51. The second kappa shape index (κ2) is 5.66. The number of rotatable bonds is 4. The average Bonchev–Trinajstić information content (AvgIpc) is 2.21. The highest BCUT2D eigenvalue weighted by molar-refractivity contribution is 6.30. The number of hydrogen-bond acceptors (Lipinski definition) is 3. The molecule has 1 rings (SSSR count). The molecule has 0 spiro atoms. The van der Waals surface area contributed by atoms with E-state index in [1.54, 1.807) is 12.3 Å². The monoisotopic (exact) mass is 249 g/mol. The molecule has 2 atom stereocenters. The zero-order valence-electron chi connectivity index (χ0n) is 8.32. The van der Waals surface area contributed by atoms with Crippen LogP contribution in [0.25, 0.3) is 0 Å². The summed E-state index contributed by atoms with van der Waals surface area (Å²) in [4.78, 5) is 3.90. The SMILES string of the molecule is Cc1cnc(Cl)c(C(O)C(O)CCCl)c1. The maximum Gasteiger partial charge on any atom is 0.134 e. The fourth-order valence-corrected chi connectivity index (χ4v) is 1.70. The van der Waals surface area contributed by atoms with Crippen molar-refractivity contribution < 1.29 is 10.2 Å². The van der Waals surface area contributed by atoms with Gasteiger partial charge in [-0.3, -0.25) is 0 Å². The van der Waals surface area contributed by atoms with E-state index in [9.17, 15) is 10.2 Å². The van der Waals surface area contributed by atoms with E-state index in [2.05, 4.69) is 4.98 Å². The predicted molar refractivity (Wildman–Crippen MR) is 60.3 cm³/mol. The lowest BCUT2D eigenvalue weighted by molar-refractivity contribution is 0.0168. The van der Waals surface area contributed by atoms with Gasteiger partial charge in [0.05, 0.1) is 6.10 Å². The van der Waals surface area contributed by atoms with Crippen LogP contribution in [0, 0.1) is 6.92 Å². The number of alkyl halides is 1. The lowest BCUT2D eigenvalue weighted by Crippen LogP contribution is -2.19. The van der Waals surface area contributed by atoms with Crippen LogP contribution in [0.3, 0.4) is 0 Å². The summed E-state index contributed by atoms with van der Waals surface area (Å²) in [5, 5.41) is 19.6. The largest absolute Gasteiger partial charge is 0.390 e. The Morgan fingerprint density at radius 1 is 1.47 bits per heavy atom. The minimum atomic E-state index is -1.04. The van der Waals surface area contributed by atoms with Gasteiger partial charge in [0.25, 0.3) is 0 Å². The average molecular weight is 250 g/mol. The number of aryl methyl sites for hydroxylation is 1. The van der Waals surface area contributed by atoms with E-state index < -0.39 is 12.2 Å². The van der Waals surface area contributed by atoms with Gasteiger partial charge in [-0.2, -0.15) is 0 Å². The fourth-order valence-electron chi connectivity index (χ4n) is 1.26. The van der Waals surface area contributed by atoms with E-state index in [1.807, 2.05) is 6.92 Å². The maximum atomic E-state index is 9.79. The van der Waals surface area contributed by atoms with Gasteiger partial charge in [-0.05, 0) is 25.0 Å². The van der Waals surface area contributed by atoms with Crippen LogP contribution in [0.4, 0.5) is 0 Å². The highest BCUT2D eigenvalue weighted by Gasteiger charge is 2.20. The van der Waals surface area contributed by atoms with Gasteiger partial charge in [0.1, 0.15) is 11.3 Å². The van der Waals surface area contributed by atoms with Crippen molar-refractivity contribution in [2.45, 2.75) is 25.6 Å². The van der Waals surface area contributed by atoms with Crippen molar-refractivity contribution in [2.75, 3.05) is 5.88 Å². The van der Waals surface area contributed by atoms with Gasteiger partial charge in [0.2, 0.25) is 0 Å². The van der Waals surface area contributed by atoms with Crippen LogP contribution < -0.4 is 0 Å². The summed E-state index contributed by atoms with van der Waals surface area (Å²) >= 11 is 11.3. The maximum absolute atomic E-state index is 9.79. The first kappa shape index (κ1) is 12.7. The third-order valence-electron chi connectivity index (χ3n) is 2.09. The van der Waals surface area contributed by atoms with Gasteiger partial charge in [0, 0.05) is 17.6 Å². The fraction of sp³-hybridized carbons (Fsp3) is 0.500. The molecule has 0 saturated carbocycles. The zero-order valence-corrected chi connectivity index (χ0v) is 9.83. The van der Waals surface area contributed by atoms with Crippen molar-refractivity contribution in [3.8, 4) is 0 Å². The van der Waals surface area contributed by atoms with Gasteiger partial charge in [0.15, 0.2) is 0 Å². The highest BCUT2D eigenvalue weighted by Crippen LogP contribution is 2.25. The zero-order chi connectivity index (χ0) is 11.4.